The van der Waals surface area contributed by atoms with Gasteiger partial charge in [-0.15, -0.1) is 0 Å². The quantitative estimate of drug-likeness (QED) is 0.760. The fraction of sp³-hybridized carbons (Fsp3) is 0.0833. The van der Waals surface area contributed by atoms with E-state index in [2.05, 4.69) is 5.32 Å². The summed E-state index contributed by atoms with van der Waals surface area (Å²) >= 11 is 11.5. The summed E-state index contributed by atoms with van der Waals surface area (Å²) in [6.45, 7) is 0.212. The van der Waals surface area contributed by atoms with Crippen LogP contribution in [-0.4, -0.2) is 11.0 Å². The van der Waals surface area contributed by atoms with Crippen molar-refractivity contribution in [1.82, 2.24) is 0 Å². The van der Waals surface area contributed by atoms with E-state index in [9.17, 15) is 9.90 Å². The van der Waals surface area contributed by atoms with Gasteiger partial charge < -0.3 is 20.6 Å². The Hall–Kier alpha value is -1.69. The minimum atomic E-state index is -0.461. The lowest BCUT2D eigenvalue weighted by Gasteiger charge is -2.06. The van der Waals surface area contributed by atoms with Crippen molar-refractivity contribution in [2.24, 2.45) is 5.73 Å². The molecule has 0 bridgehead atoms. The topological polar surface area (TPSA) is 88.5 Å². The molecule has 1 heterocycles. The van der Waals surface area contributed by atoms with Gasteiger partial charge in [0, 0.05) is 5.69 Å². The predicted molar refractivity (Wildman–Crippen MR) is 72.7 cm³/mol. The third-order valence-corrected chi connectivity index (χ3v) is 2.94. The molecule has 0 atom stereocenters. The van der Waals surface area contributed by atoms with E-state index >= 15 is 0 Å². The molecule has 0 aliphatic carbocycles. The number of rotatable bonds is 3. The fourth-order valence-corrected chi connectivity index (χ4v) is 1.93. The van der Waals surface area contributed by atoms with Crippen molar-refractivity contribution in [2.75, 3.05) is 5.32 Å². The number of nitrogens with two attached hydrogens (primary N) is 1. The van der Waals surface area contributed by atoms with E-state index in [-0.39, 0.29) is 28.1 Å². The zero-order valence-electron chi connectivity index (χ0n) is 9.61. The summed E-state index contributed by atoms with van der Waals surface area (Å²) in [6, 6.07) is 5.90. The van der Waals surface area contributed by atoms with Crippen molar-refractivity contribution in [3.05, 3.63) is 45.8 Å². The molecule has 0 radical (unpaired) electrons. The summed E-state index contributed by atoms with van der Waals surface area (Å²) in [5, 5.41) is 12.1. The van der Waals surface area contributed by atoms with Crippen molar-refractivity contribution in [2.45, 2.75) is 6.54 Å². The number of halogens is 2. The van der Waals surface area contributed by atoms with Gasteiger partial charge in [-0.3, -0.25) is 4.79 Å². The molecule has 100 valence electrons. The van der Waals surface area contributed by atoms with Crippen molar-refractivity contribution in [3.63, 3.8) is 0 Å². The summed E-state index contributed by atoms with van der Waals surface area (Å²) in [4.78, 5) is 11.9. The van der Waals surface area contributed by atoms with Crippen molar-refractivity contribution in [3.8, 4) is 5.75 Å². The Morgan fingerprint density at radius 1 is 1.32 bits per heavy atom. The number of anilines is 1. The fourth-order valence-electron chi connectivity index (χ4n) is 1.44. The van der Waals surface area contributed by atoms with Crippen LogP contribution in [0.1, 0.15) is 16.3 Å². The van der Waals surface area contributed by atoms with E-state index in [1.165, 1.54) is 18.2 Å². The lowest BCUT2D eigenvalue weighted by atomic mass is 10.3. The molecule has 7 heteroatoms. The third-order valence-electron chi connectivity index (χ3n) is 2.36. The highest BCUT2D eigenvalue weighted by atomic mass is 35.5. The van der Waals surface area contributed by atoms with E-state index in [0.717, 1.165) is 0 Å². The van der Waals surface area contributed by atoms with Crippen molar-refractivity contribution in [1.29, 1.82) is 0 Å². The molecule has 0 spiro atoms. The van der Waals surface area contributed by atoms with Crippen molar-refractivity contribution >= 4 is 34.8 Å². The number of benzene rings is 1. The Morgan fingerprint density at radius 3 is 2.47 bits per heavy atom. The van der Waals surface area contributed by atoms with Crippen LogP contribution in [0.15, 0.2) is 28.7 Å². The zero-order valence-corrected chi connectivity index (χ0v) is 11.1. The van der Waals surface area contributed by atoms with Crippen molar-refractivity contribution < 1.29 is 14.3 Å². The number of phenolic OH excluding ortho intramolecular Hbond substituents is 1. The van der Waals surface area contributed by atoms with Gasteiger partial charge in [-0.2, -0.15) is 0 Å². The van der Waals surface area contributed by atoms with Crippen LogP contribution in [0, 0.1) is 0 Å². The minimum Gasteiger partial charge on any atom is -0.505 e. The molecule has 0 fully saturated rings. The summed E-state index contributed by atoms with van der Waals surface area (Å²) < 4.78 is 5.20. The number of aromatic hydroxyl groups is 1. The van der Waals surface area contributed by atoms with Gasteiger partial charge in [0.05, 0.1) is 16.6 Å². The smallest absolute Gasteiger partial charge is 0.291 e. The Kier molecular flexibility index (Phi) is 3.99. The van der Waals surface area contributed by atoms with E-state index in [1.807, 2.05) is 0 Å². The second-order valence-corrected chi connectivity index (χ2v) is 4.53. The Labute approximate surface area is 118 Å². The van der Waals surface area contributed by atoms with Crippen LogP contribution in [0.5, 0.6) is 5.75 Å². The number of carbonyl (C=O) groups excluding carboxylic acids is 1. The maximum Gasteiger partial charge on any atom is 0.291 e. The van der Waals surface area contributed by atoms with Gasteiger partial charge in [0.2, 0.25) is 0 Å². The molecule has 0 aliphatic heterocycles. The molecule has 0 saturated heterocycles. The molecule has 1 amide bonds. The average Bonchev–Trinajstić information content (AvgIpc) is 2.84. The highest BCUT2D eigenvalue weighted by molar-refractivity contribution is 6.37. The largest absolute Gasteiger partial charge is 0.505 e. The van der Waals surface area contributed by atoms with Gasteiger partial charge in [-0.1, -0.05) is 23.2 Å². The van der Waals surface area contributed by atoms with Crippen LogP contribution in [0.25, 0.3) is 0 Å². The van der Waals surface area contributed by atoms with E-state index < -0.39 is 5.91 Å². The normalized spacial score (nSPS) is 10.5. The molecule has 5 nitrogen and oxygen atoms in total. The Balaban J connectivity index is 2.19. The first-order valence-corrected chi connectivity index (χ1v) is 6.05. The van der Waals surface area contributed by atoms with Gasteiger partial charge in [0.25, 0.3) is 5.91 Å². The van der Waals surface area contributed by atoms with Gasteiger partial charge >= 0.3 is 0 Å². The summed E-state index contributed by atoms with van der Waals surface area (Å²) in [5.74, 6) is -0.0602. The lowest BCUT2D eigenvalue weighted by Crippen LogP contribution is -2.10. The molecule has 2 rings (SSSR count). The lowest BCUT2D eigenvalue weighted by molar-refractivity contribution is 0.0995. The molecule has 1 aromatic heterocycles. The minimum absolute atomic E-state index is 0.0462. The number of hydrogen-bond donors (Lipinski definition) is 3. The average molecular weight is 301 g/mol. The highest BCUT2D eigenvalue weighted by Gasteiger charge is 2.13. The highest BCUT2D eigenvalue weighted by Crippen LogP contribution is 2.34. The monoisotopic (exact) mass is 300 g/mol. The molecule has 19 heavy (non-hydrogen) atoms. The molecule has 0 saturated carbocycles. The van der Waals surface area contributed by atoms with E-state index in [0.29, 0.717) is 11.4 Å². The molecular formula is C12H10Cl2N2O3. The molecule has 2 aromatic rings. The summed E-state index contributed by atoms with van der Waals surface area (Å²) in [6.07, 6.45) is 0. The van der Waals surface area contributed by atoms with Crippen LogP contribution in [0.4, 0.5) is 5.69 Å². The molecule has 0 aliphatic rings. The number of hydrogen-bond acceptors (Lipinski definition) is 4. The second kappa shape index (κ2) is 5.52. The van der Waals surface area contributed by atoms with Crippen LogP contribution in [-0.2, 0) is 6.54 Å². The first kappa shape index (κ1) is 13.7. The first-order valence-electron chi connectivity index (χ1n) is 5.29. The maximum atomic E-state index is 11.9. The Morgan fingerprint density at radius 2 is 1.95 bits per heavy atom. The molecule has 0 unspecified atom stereocenters. The maximum absolute atomic E-state index is 11.9. The summed E-state index contributed by atoms with van der Waals surface area (Å²) in [5.41, 5.74) is 5.73. The van der Waals surface area contributed by atoms with Gasteiger partial charge in [-0.25, -0.2) is 0 Å². The second-order valence-electron chi connectivity index (χ2n) is 3.71. The standard InChI is InChI=1S/C12H10Cl2N2O3/c13-8-3-6(4-9(14)11(8)17)16-12(18)10-2-1-7(5-15)19-10/h1-4,17H,5,15H2,(H,16,18). The van der Waals surface area contributed by atoms with Crippen LogP contribution >= 0.6 is 23.2 Å². The SMILES string of the molecule is NCc1ccc(C(=O)Nc2cc(Cl)c(O)c(Cl)c2)o1. The first-order chi connectivity index (χ1) is 9.01. The number of amides is 1. The number of furan rings is 1. The van der Waals surface area contributed by atoms with Crippen LogP contribution < -0.4 is 11.1 Å². The summed E-state index contributed by atoms with van der Waals surface area (Å²) in [7, 11) is 0. The molecular weight excluding hydrogens is 291 g/mol. The van der Waals surface area contributed by atoms with E-state index in [1.54, 1.807) is 6.07 Å². The predicted octanol–water partition coefficient (Wildman–Crippen LogP) is 3.00. The third kappa shape index (κ3) is 3.01. The van der Waals surface area contributed by atoms with Gasteiger partial charge in [-0.05, 0) is 24.3 Å². The number of nitrogens with one attached hydrogen (secondary N) is 1. The van der Waals surface area contributed by atoms with Gasteiger partial charge in [0.1, 0.15) is 5.76 Å². The van der Waals surface area contributed by atoms with Crippen LogP contribution in [0.3, 0.4) is 0 Å². The molecule has 1 aromatic carbocycles. The Bertz CT molecular complexity index is 602. The zero-order chi connectivity index (χ0) is 14.0. The molecule has 4 N–H and O–H groups in total. The number of carbonyl (C=O) groups is 1. The van der Waals surface area contributed by atoms with Gasteiger partial charge in [0.15, 0.2) is 11.5 Å². The van der Waals surface area contributed by atoms with Crippen LogP contribution in [0.2, 0.25) is 10.0 Å². The van der Waals surface area contributed by atoms with E-state index in [4.69, 9.17) is 33.4 Å². The number of phenols is 1.